The molecule has 1 aliphatic rings. The standard InChI is InChI=1S/C20H24N2O4S/c1-16-6-8-19(9-7-16)26-15-20(23)21-11-13-27(24,25)22-12-10-17-4-2-3-5-18(17)14-22/h2-9H,10-15H2,1H3,(H,21,23). The van der Waals surface area contributed by atoms with Crippen LogP contribution in [0.5, 0.6) is 5.75 Å². The summed E-state index contributed by atoms with van der Waals surface area (Å²) in [5, 5.41) is 2.61. The zero-order valence-corrected chi connectivity index (χ0v) is 16.2. The SMILES string of the molecule is Cc1ccc(OCC(=O)NCCS(=O)(=O)N2CCc3ccccc3C2)cc1. The zero-order valence-electron chi connectivity index (χ0n) is 15.3. The lowest BCUT2D eigenvalue weighted by Crippen LogP contribution is -2.41. The fourth-order valence-electron chi connectivity index (χ4n) is 2.99. The molecular weight excluding hydrogens is 364 g/mol. The molecule has 2 aromatic rings. The number of carbonyl (C=O) groups is 1. The molecule has 0 unspecified atom stereocenters. The molecular formula is C20H24N2O4S. The first-order valence-electron chi connectivity index (χ1n) is 8.95. The van der Waals surface area contributed by atoms with Gasteiger partial charge in [0.25, 0.3) is 5.91 Å². The fourth-order valence-corrected chi connectivity index (χ4v) is 4.31. The summed E-state index contributed by atoms with van der Waals surface area (Å²) < 4.78 is 31.9. The van der Waals surface area contributed by atoms with Gasteiger partial charge >= 0.3 is 0 Å². The van der Waals surface area contributed by atoms with Gasteiger partial charge in [-0.05, 0) is 36.6 Å². The van der Waals surface area contributed by atoms with E-state index >= 15 is 0 Å². The highest BCUT2D eigenvalue weighted by molar-refractivity contribution is 7.89. The number of nitrogens with zero attached hydrogens (tertiary/aromatic N) is 1. The molecule has 0 saturated carbocycles. The maximum atomic E-state index is 12.5. The van der Waals surface area contributed by atoms with Crippen LogP contribution in [-0.4, -0.2) is 44.1 Å². The van der Waals surface area contributed by atoms with Crippen LogP contribution in [-0.2, 0) is 27.8 Å². The van der Waals surface area contributed by atoms with Gasteiger partial charge in [-0.1, -0.05) is 42.0 Å². The number of aryl methyl sites for hydroxylation is 1. The van der Waals surface area contributed by atoms with Gasteiger partial charge in [0.05, 0.1) is 5.75 Å². The number of sulfonamides is 1. The maximum absolute atomic E-state index is 12.5. The van der Waals surface area contributed by atoms with Crippen molar-refractivity contribution in [3.63, 3.8) is 0 Å². The monoisotopic (exact) mass is 388 g/mol. The van der Waals surface area contributed by atoms with Gasteiger partial charge in [-0.25, -0.2) is 8.42 Å². The lowest BCUT2D eigenvalue weighted by molar-refractivity contribution is -0.122. The van der Waals surface area contributed by atoms with Crippen molar-refractivity contribution < 1.29 is 17.9 Å². The number of fused-ring (bicyclic) bond motifs is 1. The second-order valence-electron chi connectivity index (χ2n) is 6.62. The minimum absolute atomic E-state index is 0.0660. The minimum Gasteiger partial charge on any atom is -0.484 e. The van der Waals surface area contributed by atoms with E-state index in [1.807, 2.05) is 43.3 Å². The number of carbonyl (C=O) groups excluding carboxylic acids is 1. The molecule has 0 bridgehead atoms. The van der Waals surface area contributed by atoms with Crippen LogP contribution in [0.15, 0.2) is 48.5 Å². The van der Waals surface area contributed by atoms with Crippen molar-refractivity contribution in [2.24, 2.45) is 0 Å². The van der Waals surface area contributed by atoms with Crippen molar-refractivity contribution >= 4 is 15.9 Å². The van der Waals surface area contributed by atoms with Gasteiger partial charge in [-0.15, -0.1) is 0 Å². The third-order valence-electron chi connectivity index (χ3n) is 4.56. The Morgan fingerprint density at radius 2 is 1.81 bits per heavy atom. The second kappa shape index (κ2) is 8.54. The first-order valence-corrected chi connectivity index (χ1v) is 10.6. The molecule has 2 aromatic carbocycles. The molecule has 3 rings (SSSR count). The van der Waals surface area contributed by atoms with E-state index in [1.165, 1.54) is 9.87 Å². The molecule has 144 valence electrons. The second-order valence-corrected chi connectivity index (χ2v) is 8.71. The summed E-state index contributed by atoms with van der Waals surface area (Å²) in [6.07, 6.45) is 0.714. The Balaban J connectivity index is 1.44. The molecule has 1 heterocycles. The lowest BCUT2D eigenvalue weighted by atomic mass is 10.0. The summed E-state index contributed by atoms with van der Waals surface area (Å²) in [6.45, 7) is 2.77. The quantitative estimate of drug-likeness (QED) is 0.786. The van der Waals surface area contributed by atoms with Crippen LogP contribution in [0.3, 0.4) is 0 Å². The summed E-state index contributed by atoms with van der Waals surface area (Å²) in [4.78, 5) is 11.9. The van der Waals surface area contributed by atoms with Gasteiger partial charge in [-0.3, -0.25) is 4.79 Å². The zero-order chi connectivity index (χ0) is 19.3. The molecule has 1 aliphatic heterocycles. The van der Waals surface area contributed by atoms with Gasteiger partial charge in [0.2, 0.25) is 10.0 Å². The number of hydrogen-bond donors (Lipinski definition) is 1. The highest BCUT2D eigenvalue weighted by Gasteiger charge is 2.26. The van der Waals surface area contributed by atoms with E-state index in [2.05, 4.69) is 5.32 Å². The van der Waals surface area contributed by atoms with E-state index in [0.29, 0.717) is 25.3 Å². The number of nitrogens with one attached hydrogen (secondary N) is 1. The van der Waals surface area contributed by atoms with Gasteiger partial charge in [0.1, 0.15) is 5.75 Å². The maximum Gasteiger partial charge on any atom is 0.257 e. The Labute approximate surface area is 160 Å². The third-order valence-corrected chi connectivity index (χ3v) is 6.38. The van der Waals surface area contributed by atoms with Crippen molar-refractivity contribution in [1.82, 2.24) is 9.62 Å². The van der Waals surface area contributed by atoms with E-state index in [4.69, 9.17) is 4.74 Å². The Kier molecular flexibility index (Phi) is 6.13. The average Bonchev–Trinajstić information content (AvgIpc) is 2.67. The Hall–Kier alpha value is -2.38. The fraction of sp³-hybridized carbons (Fsp3) is 0.350. The van der Waals surface area contributed by atoms with Crippen LogP contribution >= 0.6 is 0 Å². The molecule has 0 spiro atoms. The van der Waals surface area contributed by atoms with E-state index in [1.54, 1.807) is 12.1 Å². The predicted octanol–water partition coefficient (Wildman–Crippen LogP) is 1.88. The first kappa shape index (κ1) is 19.4. The molecule has 0 radical (unpaired) electrons. The number of ether oxygens (including phenoxy) is 1. The van der Waals surface area contributed by atoms with Crippen LogP contribution in [0.25, 0.3) is 0 Å². The Morgan fingerprint density at radius 3 is 2.56 bits per heavy atom. The topological polar surface area (TPSA) is 75.7 Å². The lowest BCUT2D eigenvalue weighted by Gasteiger charge is -2.28. The molecule has 1 amide bonds. The van der Waals surface area contributed by atoms with Gasteiger partial charge in [0, 0.05) is 19.6 Å². The van der Waals surface area contributed by atoms with Crippen LogP contribution in [0.1, 0.15) is 16.7 Å². The largest absolute Gasteiger partial charge is 0.484 e. The normalized spacial score (nSPS) is 14.4. The van der Waals surface area contributed by atoms with E-state index < -0.39 is 10.0 Å². The van der Waals surface area contributed by atoms with Crippen LogP contribution in [0.4, 0.5) is 0 Å². The van der Waals surface area contributed by atoms with E-state index in [-0.39, 0.29) is 24.8 Å². The summed E-state index contributed by atoms with van der Waals surface area (Å²) in [5.41, 5.74) is 3.35. The molecule has 0 aliphatic carbocycles. The summed E-state index contributed by atoms with van der Waals surface area (Å²) in [5.74, 6) is 0.149. The van der Waals surface area contributed by atoms with Crippen molar-refractivity contribution in [1.29, 1.82) is 0 Å². The molecule has 0 fully saturated rings. The molecule has 27 heavy (non-hydrogen) atoms. The van der Waals surface area contributed by atoms with Gasteiger partial charge in [-0.2, -0.15) is 4.31 Å². The molecule has 0 aromatic heterocycles. The highest BCUT2D eigenvalue weighted by atomic mass is 32.2. The van der Waals surface area contributed by atoms with Crippen molar-refractivity contribution in [3.05, 3.63) is 65.2 Å². The molecule has 1 N–H and O–H groups in total. The number of benzene rings is 2. The summed E-state index contributed by atoms with van der Waals surface area (Å²) >= 11 is 0. The molecule has 6 nitrogen and oxygen atoms in total. The van der Waals surface area contributed by atoms with Crippen molar-refractivity contribution in [3.8, 4) is 5.75 Å². The smallest absolute Gasteiger partial charge is 0.257 e. The average molecular weight is 388 g/mol. The summed E-state index contributed by atoms with van der Waals surface area (Å²) in [6, 6.07) is 15.3. The Morgan fingerprint density at radius 1 is 1.11 bits per heavy atom. The number of rotatable bonds is 7. The summed E-state index contributed by atoms with van der Waals surface area (Å²) in [7, 11) is -3.42. The van der Waals surface area contributed by atoms with Crippen LogP contribution < -0.4 is 10.1 Å². The number of hydrogen-bond acceptors (Lipinski definition) is 4. The minimum atomic E-state index is -3.42. The van der Waals surface area contributed by atoms with Gasteiger partial charge < -0.3 is 10.1 Å². The van der Waals surface area contributed by atoms with Crippen LogP contribution in [0.2, 0.25) is 0 Å². The van der Waals surface area contributed by atoms with Crippen LogP contribution in [0, 0.1) is 6.92 Å². The molecule has 0 saturated heterocycles. The number of amides is 1. The third kappa shape index (κ3) is 5.30. The molecule has 7 heteroatoms. The van der Waals surface area contributed by atoms with Crippen molar-refractivity contribution in [2.75, 3.05) is 25.4 Å². The first-order chi connectivity index (χ1) is 12.9. The highest BCUT2D eigenvalue weighted by Crippen LogP contribution is 2.20. The molecule has 0 atom stereocenters. The van der Waals surface area contributed by atoms with E-state index in [9.17, 15) is 13.2 Å². The predicted molar refractivity (Wildman–Crippen MR) is 104 cm³/mol. The van der Waals surface area contributed by atoms with Gasteiger partial charge in [0.15, 0.2) is 6.61 Å². The van der Waals surface area contributed by atoms with E-state index in [0.717, 1.165) is 11.1 Å². The van der Waals surface area contributed by atoms with Crippen molar-refractivity contribution in [2.45, 2.75) is 19.9 Å². The Bertz CT molecular complexity index is 894.